The van der Waals surface area contributed by atoms with Gasteiger partial charge in [-0.05, 0) is 39.0 Å². The summed E-state index contributed by atoms with van der Waals surface area (Å²) in [5.74, 6) is -0.773. The van der Waals surface area contributed by atoms with Gasteiger partial charge in [0.2, 0.25) is 0 Å². The highest BCUT2D eigenvalue weighted by Crippen LogP contribution is 2.36. The Morgan fingerprint density at radius 3 is 2.58 bits per heavy atom. The zero-order valence-corrected chi connectivity index (χ0v) is 20.3. The number of amides is 2. The fourth-order valence-corrected chi connectivity index (χ4v) is 4.86. The second-order valence-corrected chi connectivity index (χ2v) is 11.1. The molecule has 1 saturated heterocycles. The van der Waals surface area contributed by atoms with E-state index < -0.39 is 44.3 Å². The first-order chi connectivity index (χ1) is 15.2. The molecule has 1 aromatic heterocycles. The second-order valence-electron chi connectivity index (χ2n) is 9.04. The molecule has 1 fully saturated rings. The van der Waals surface area contributed by atoms with Crippen LogP contribution in [0.3, 0.4) is 0 Å². The predicted octanol–water partition coefficient (Wildman–Crippen LogP) is 1.77. The Morgan fingerprint density at radius 2 is 2.03 bits per heavy atom. The van der Waals surface area contributed by atoms with E-state index in [1.807, 2.05) is 0 Å². The van der Waals surface area contributed by atoms with Gasteiger partial charge in [0.25, 0.3) is 16.0 Å². The zero-order valence-electron chi connectivity index (χ0n) is 18.8. The highest BCUT2D eigenvalue weighted by Gasteiger charge is 2.58. The van der Waals surface area contributed by atoms with Crippen LogP contribution >= 0.6 is 11.6 Å². The molecule has 0 aliphatic carbocycles. The molecule has 1 aliphatic rings. The molecule has 0 spiro atoms. The molecule has 11 nitrogen and oxygen atoms in total. The molecule has 180 valence electrons. The average Bonchev–Trinajstić information content (AvgIpc) is 3.28. The monoisotopic (exact) mass is 500 g/mol. The van der Waals surface area contributed by atoms with E-state index in [-0.39, 0.29) is 19.5 Å². The van der Waals surface area contributed by atoms with E-state index in [1.54, 1.807) is 39.0 Å². The number of likely N-dealkylation sites (tertiary alicyclic amines) is 1. The number of benzene rings is 1. The molecule has 2 amide bonds. The lowest BCUT2D eigenvalue weighted by Gasteiger charge is -2.36. The molecule has 2 aromatic rings. The molecule has 0 bridgehead atoms. The quantitative estimate of drug-likeness (QED) is 0.467. The Morgan fingerprint density at radius 1 is 1.33 bits per heavy atom. The molecule has 33 heavy (non-hydrogen) atoms. The van der Waals surface area contributed by atoms with Crippen molar-refractivity contribution in [3.05, 3.63) is 41.4 Å². The maximum absolute atomic E-state index is 13.6. The summed E-state index contributed by atoms with van der Waals surface area (Å²) in [5.41, 5.74) is 5.96. The Hall–Kier alpha value is -2.54. The number of aromatic nitrogens is 3. The number of hydrogen-bond donors (Lipinski definition) is 1. The van der Waals surface area contributed by atoms with Crippen molar-refractivity contribution in [2.24, 2.45) is 5.73 Å². The molecule has 1 aromatic carbocycles. The van der Waals surface area contributed by atoms with Crippen LogP contribution in [-0.4, -0.2) is 70.2 Å². The summed E-state index contributed by atoms with van der Waals surface area (Å²) in [5, 5.41) is 4.54. The van der Waals surface area contributed by atoms with Crippen molar-refractivity contribution in [3.8, 4) is 5.69 Å². The third kappa shape index (κ3) is 5.88. The van der Waals surface area contributed by atoms with Gasteiger partial charge in [-0.2, -0.15) is 18.3 Å². The lowest BCUT2D eigenvalue weighted by atomic mass is 10.1. The van der Waals surface area contributed by atoms with Crippen molar-refractivity contribution in [1.82, 2.24) is 14.8 Å². The van der Waals surface area contributed by atoms with E-state index in [1.165, 1.54) is 17.3 Å². The van der Waals surface area contributed by atoms with Gasteiger partial charge in [-0.1, -0.05) is 11.6 Å². The molecular weight excluding hydrogens is 474 g/mol. The first kappa shape index (κ1) is 25.1. The highest BCUT2D eigenvalue weighted by atomic mass is 35.5. The first-order valence-electron chi connectivity index (χ1n) is 10.1. The molecule has 3 rings (SSSR count). The summed E-state index contributed by atoms with van der Waals surface area (Å²) < 4.78 is 35.3. The van der Waals surface area contributed by atoms with Crippen LogP contribution in [0.5, 0.6) is 0 Å². The van der Waals surface area contributed by atoms with Crippen LogP contribution in [0.25, 0.3) is 5.69 Å². The summed E-state index contributed by atoms with van der Waals surface area (Å²) in [4.78, 5) is 30.0. The Kier molecular flexibility index (Phi) is 6.85. The molecule has 0 saturated carbocycles. The topological polar surface area (TPSA) is 143 Å². The SMILES string of the molecule is CC(C)(C)OC(=O)[N+]1(Cc2cc(Cl)ccc2-n2cncn2)C[C@H](OS(C)(=O)=O)C[C@H]1C(N)=O. The average molecular weight is 501 g/mol. The molecule has 13 heteroatoms. The molecule has 0 radical (unpaired) electrons. The van der Waals surface area contributed by atoms with Gasteiger partial charge >= 0.3 is 6.09 Å². The van der Waals surface area contributed by atoms with Gasteiger partial charge < -0.3 is 10.5 Å². The van der Waals surface area contributed by atoms with Crippen LogP contribution in [0.4, 0.5) is 4.79 Å². The van der Waals surface area contributed by atoms with E-state index in [2.05, 4.69) is 10.1 Å². The summed E-state index contributed by atoms with van der Waals surface area (Å²) >= 11 is 6.25. The van der Waals surface area contributed by atoms with Gasteiger partial charge in [0.15, 0.2) is 6.04 Å². The molecular formula is C20H27ClN5O6S+. The first-order valence-corrected chi connectivity index (χ1v) is 12.3. The smallest absolute Gasteiger partial charge is 0.414 e. The number of ether oxygens (including phenoxy) is 1. The van der Waals surface area contributed by atoms with E-state index in [4.69, 9.17) is 26.3 Å². The van der Waals surface area contributed by atoms with Crippen LogP contribution in [0.2, 0.25) is 5.02 Å². The van der Waals surface area contributed by atoms with Crippen LogP contribution in [0.1, 0.15) is 32.8 Å². The van der Waals surface area contributed by atoms with Gasteiger partial charge in [0.1, 0.15) is 37.4 Å². The maximum Gasteiger partial charge on any atom is 0.517 e. The fourth-order valence-electron chi connectivity index (χ4n) is 4.03. The minimum absolute atomic E-state index is 0.0676. The van der Waals surface area contributed by atoms with E-state index in [0.717, 1.165) is 6.26 Å². The fraction of sp³-hybridized carbons (Fsp3) is 0.500. The van der Waals surface area contributed by atoms with Gasteiger partial charge in [-0.25, -0.2) is 14.1 Å². The summed E-state index contributed by atoms with van der Waals surface area (Å²) in [6.45, 7) is 4.88. The second kappa shape index (κ2) is 9.01. The lowest BCUT2D eigenvalue weighted by Crippen LogP contribution is -2.61. The van der Waals surface area contributed by atoms with Crippen LogP contribution < -0.4 is 5.73 Å². The Bertz CT molecular complexity index is 1150. The van der Waals surface area contributed by atoms with Crippen molar-refractivity contribution >= 4 is 33.7 Å². The van der Waals surface area contributed by atoms with E-state index in [9.17, 15) is 18.0 Å². The van der Waals surface area contributed by atoms with Crippen LogP contribution in [-0.2, 0) is 30.4 Å². The number of rotatable bonds is 6. The minimum Gasteiger partial charge on any atom is -0.414 e. The van der Waals surface area contributed by atoms with Crippen molar-refractivity contribution in [3.63, 3.8) is 0 Å². The minimum atomic E-state index is -3.85. The third-order valence-corrected chi connectivity index (χ3v) is 6.03. The van der Waals surface area contributed by atoms with Crippen LogP contribution in [0.15, 0.2) is 30.9 Å². The molecule has 2 N–H and O–H groups in total. The van der Waals surface area contributed by atoms with Crippen LogP contribution in [0, 0.1) is 0 Å². The van der Waals surface area contributed by atoms with Gasteiger partial charge in [0, 0.05) is 17.0 Å². The van der Waals surface area contributed by atoms with E-state index >= 15 is 0 Å². The number of primary amides is 1. The van der Waals surface area contributed by atoms with Crippen molar-refractivity contribution < 1.29 is 31.4 Å². The molecule has 1 unspecified atom stereocenters. The number of halogens is 1. The molecule has 3 atom stereocenters. The number of nitrogens with zero attached hydrogens (tertiary/aromatic N) is 4. The highest BCUT2D eigenvalue weighted by molar-refractivity contribution is 7.86. The normalized spacial score (nSPS) is 23.4. The van der Waals surface area contributed by atoms with Gasteiger partial charge in [-0.15, -0.1) is 0 Å². The number of nitrogens with two attached hydrogens (primary N) is 1. The number of quaternary nitrogens is 1. The summed E-state index contributed by atoms with van der Waals surface area (Å²) in [6.07, 6.45) is 2.01. The summed E-state index contributed by atoms with van der Waals surface area (Å²) in [7, 11) is -3.85. The number of hydrogen-bond acceptors (Lipinski definition) is 8. The van der Waals surface area contributed by atoms with E-state index in [0.29, 0.717) is 16.3 Å². The maximum atomic E-state index is 13.6. The van der Waals surface area contributed by atoms with Crippen molar-refractivity contribution in [2.45, 2.75) is 51.5 Å². The van der Waals surface area contributed by atoms with Crippen molar-refractivity contribution in [1.29, 1.82) is 0 Å². The Balaban J connectivity index is 2.14. The van der Waals surface area contributed by atoms with Gasteiger partial charge in [0.05, 0.1) is 11.9 Å². The van der Waals surface area contributed by atoms with Crippen molar-refractivity contribution in [2.75, 3.05) is 12.8 Å². The Labute approximate surface area is 197 Å². The standard InChI is InChI=1S/C20H26ClN5O6S/c1-20(2,3)31-19(28)26(10-15(32-33(4,29)30)8-17(26)18(22)27)9-13-7-14(21)5-6-16(13)25-12-23-11-24-25/h5-7,11-12,15,17H,8-10H2,1-4H3,(H-,22,27)/p+1/t15-,17+,26?/m1/s1. The number of carbonyl (C=O) groups excluding carboxylic acids is 2. The zero-order chi connectivity index (χ0) is 24.6. The summed E-state index contributed by atoms with van der Waals surface area (Å²) in [6, 6.07) is 3.92. The molecule has 1 aliphatic heterocycles. The number of carbonyl (C=O) groups is 2. The molecule has 2 heterocycles. The predicted molar refractivity (Wildman–Crippen MR) is 119 cm³/mol. The third-order valence-electron chi connectivity index (χ3n) is 5.17. The largest absolute Gasteiger partial charge is 0.517 e. The van der Waals surface area contributed by atoms with Gasteiger partial charge in [-0.3, -0.25) is 8.98 Å². The lowest BCUT2D eigenvalue weighted by molar-refractivity contribution is -0.875.